The molecular formula is C18H28F2O2. The fraction of sp³-hybridized carbons (Fsp3) is 0.778. The maximum atomic E-state index is 12.2. The van der Waals surface area contributed by atoms with Crippen molar-refractivity contribution in [2.24, 2.45) is 11.8 Å². The zero-order valence-electron chi connectivity index (χ0n) is 13.5. The highest BCUT2D eigenvalue weighted by Crippen LogP contribution is 2.31. The fourth-order valence-electron chi connectivity index (χ4n) is 3.28. The molecule has 1 saturated carbocycles. The molecule has 2 fully saturated rings. The Bertz CT molecular complexity index is 361. The number of ether oxygens (including phenoxy) is 2. The fourth-order valence-corrected chi connectivity index (χ4v) is 3.28. The number of halogens is 2. The first-order valence-corrected chi connectivity index (χ1v) is 8.61. The highest BCUT2D eigenvalue weighted by Gasteiger charge is 2.22. The number of hydrogen-bond donors (Lipinski definition) is 0. The lowest BCUT2D eigenvalue weighted by Crippen LogP contribution is -2.30. The second kappa shape index (κ2) is 9.41. The van der Waals surface area contributed by atoms with E-state index in [1.165, 1.54) is 0 Å². The summed E-state index contributed by atoms with van der Waals surface area (Å²) in [5, 5.41) is 0. The van der Waals surface area contributed by atoms with Crippen LogP contribution in [0, 0.1) is 11.8 Å². The molecule has 22 heavy (non-hydrogen) atoms. The first-order valence-electron chi connectivity index (χ1n) is 8.61. The quantitative estimate of drug-likeness (QED) is 0.635. The van der Waals surface area contributed by atoms with E-state index in [0.717, 1.165) is 57.6 Å². The largest absolute Gasteiger partial charge is 0.376 e. The molecule has 0 radical (unpaired) electrons. The lowest BCUT2D eigenvalue weighted by molar-refractivity contribution is -0.0710. The Morgan fingerprint density at radius 3 is 2.36 bits per heavy atom. The third-order valence-electron chi connectivity index (χ3n) is 4.60. The van der Waals surface area contributed by atoms with Crippen molar-refractivity contribution in [3.8, 4) is 0 Å². The Morgan fingerprint density at radius 2 is 1.77 bits per heavy atom. The Hall–Kier alpha value is -0.740. The van der Waals surface area contributed by atoms with E-state index in [1.54, 1.807) is 0 Å². The van der Waals surface area contributed by atoms with Crippen molar-refractivity contribution in [2.75, 3.05) is 13.2 Å². The second-order valence-electron chi connectivity index (χ2n) is 6.46. The summed E-state index contributed by atoms with van der Waals surface area (Å²) < 4.78 is 36.0. The molecule has 2 unspecified atom stereocenters. The van der Waals surface area contributed by atoms with E-state index in [4.69, 9.17) is 9.47 Å². The summed E-state index contributed by atoms with van der Waals surface area (Å²) in [6, 6.07) is 0. The van der Waals surface area contributed by atoms with E-state index in [1.807, 2.05) is 0 Å². The Balaban J connectivity index is 1.65. The molecule has 0 spiro atoms. The lowest BCUT2D eigenvalue weighted by Gasteiger charge is -2.28. The molecule has 1 heterocycles. The van der Waals surface area contributed by atoms with Gasteiger partial charge in [-0.2, -0.15) is 8.78 Å². The van der Waals surface area contributed by atoms with Gasteiger partial charge in [0.25, 0.3) is 6.08 Å². The molecule has 0 aromatic heterocycles. The van der Waals surface area contributed by atoms with E-state index in [9.17, 15) is 8.78 Å². The first-order chi connectivity index (χ1) is 10.7. The van der Waals surface area contributed by atoms with Crippen LogP contribution in [-0.2, 0) is 9.47 Å². The van der Waals surface area contributed by atoms with E-state index in [-0.39, 0.29) is 18.1 Å². The van der Waals surface area contributed by atoms with Crippen LogP contribution >= 0.6 is 0 Å². The normalized spacial score (nSPS) is 33.0. The van der Waals surface area contributed by atoms with Crippen molar-refractivity contribution >= 4 is 0 Å². The Labute approximate surface area is 132 Å². The first kappa shape index (κ1) is 17.6. The molecule has 1 saturated heterocycles. The molecule has 0 aromatic rings. The second-order valence-corrected chi connectivity index (χ2v) is 6.46. The van der Waals surface area contributed by atoms with Crippen LogP contribution in [0.2, 0.25) is 0 Å². The zero-order valence-corrected chi connectivity index (χ0v) is 13.5. The average Bonchev–Trinajstić information content (AvgIpc) is 2.53. The lowest BCUT2D eigenvalue weighted by atomic mass is 9.81. The van der Waals surface area contributed by atoms with Crippen LogP contribution in [0.1, 0.15) is 51.9 Å². The van der Waals surface area contributed by atoms with Gasteiger partial charge in [-0.15, -0.1) is 0 Å². The topological polar surface area (TPSA) is 18.5 Å². The third kappa shape index (κ3) is 6.17. The van der Waals surface area contributed by atoms with Gasteiger partial charge in [0, 0.05) is 6.61 Å². The van der Waals surface area contributed by atoms with Crippen molar-refractivity contribution in [3.63, 3.8) is 0 Å². The van der Waals surface area contributed by atoms with Crippen LogP contribution < -0.4 is 0 Å². The smallest absolute Gasteiger partial charge is 0.266 e. The molecule has 0 amide bonds. The SMILES string of the molecule is CCCOC1CCC(C=CC2CCC(C=C(F)F)CC2)OC1. The summed E-state index contributed by atoms with van der Waals surface area (Å²) in [7, 11) is 0. The maximum Gasteiger partial charge on any atom is 0.266 e. The van der Waals surface area contributed by atoms with Gasteiger partial charge < -0.3 is 9.47 Å². The van der Waals surface area contributed by atoms with Gasteiger partial charge in [-0.3, -0.25) is 0 Å². The summed E-state index contributed by atoms with van der Waals surface area (Å²) in [6.07, 6.45) is 11.3. The standard InChI is InChI=1S/C18H28F2O2/c1-2-11-21-17-10-9-16(22-13-17)8-7-14-3-5-15(6-4-14)12-18(19)20/h7-8,12,14-17H,2-6,9-11,13H2,1H3. The Morgan fingerprint density at radius 1 is 1.05 bits per heavy atom. The molecule has 0 bridgehead atoms. The number of rotatable bonds is 6. The van der Waals surface area contributed by atoms with Crippen molar-refractivity contribution in [1.29, 1.82) is 0 Å². The molecule has 4 heteroatoms. The van der Waals surface area contributed by atoms with Gasteiger partial charge in [0.1, 0.15) is 0 Å². The molecule has 2 atom stereocenters. The Kier molecular flexibility index (Phi) is 7.53. The molecule has 0 N–H and O–H groups in total. The van der Waals surface area contributed by atoms with Crippen molar-refractivity contribution in [3.05, 3.63) is 24.3 Å². The summed E-state index contributed by atoms with van der Waals surface area (Å²) in [5.74, 6) is 0.585. The third-order valence-corrected chi connectivity index (χ3v) is 4.60. The molecule has 2 nitrogen and oxygen atoms in total. The van der Waals surface area contributed by atoms with E-state index >= 15 is 0 Å². The van der Waals surface area contributed by atoms with Gasteiger partial charge in [0.2, 0.25) is 0 Å². The van der Waals surface area contributed by atoms with Gasteiger partial charge >= 0.3 is 0 Å². The van der Waals surface area contributed by atoms with Crippen molar-refractivity contribution in [1.82, 2.24) is 0 Å². The minimum atomic E-state index is -1.53. The number of allylic oxidation sites excluding steroid dienone is 2. The highest BCUT2D eigenvalue weighted by atomic mass is 19.3. The van der Waals surface area contributed by atoms with Gasteiger partial charge in [0.05, 0.1) is 18.8 Å². The zero-order chi connectivity index (χ0) is 15.8. The van der Waals surface area contributed by atoms with Gasteiger partial charge in [-0.1, -0.05) is 19.1 Å². The highest BCUT2D eigenvalue weighted by molar-refractivity contribution is 4.99. The minimum absolute atomic E-state index is 0.0667. The molecule has 2 aliphatic rings. The summed E-state index contributed by atoms with van der Waals surface area (Å²) >= 11 is 0. The van der Waals surface area contributed by atoms with Crippen LogP contribution in [0.15, 0.2) is 24.3 Å². The van der Waals surface area contributed by atoms with Gasteiger partial charge in [-0.05, 0) is 62.9 Å². The predicted molar refractivity (Wildman–Crippen MR) is 83.9 cm³/mol. The molecule has 126 valence electrons. The molecule has 0 aromatic carbocycles. The van der Waals surface area contributed by atoms with Gasteiger partial charge in [0.15, 0.2) is 0 Å². The van der Waals surface area contributed by atoms with Crippen molar-refractivity contribution < 1.29 is 18.3 Å². The van der Waals surface area contributed by atoms with Crippen LogP contribution in [0.3, 0.4) is 0 Å². The van der Waals surface area contributed by atoms with Crippen molar-refractivity contribution in [2.45, 2.75) is 64.1 Å². The van der Waals surface area contributed by atoms with Crippen LogP contribution in [0.4, 0.5) is 8.78 Å². The summed E-state index contributed by atoms with van der Waals surface area (Å²) in [4.78, 5) is 0. The summed E-state index contributed by atoms with van der Waals surface area (Å²) in [5.41, 5.74) is 0. The van der Waals surface area contributed by atoms with E-state index in [2.05, 4.69) is 19.1 Å². The average molecular weight is 314 g/mol. The minimum Gasteiger partial charge on any atom is -0.376 e. The monoisotopic (exact) mass is 314 g/mol. The molecule has 2 rings (SSSR count). The number of hydrogen-bond acceptors (Lipinski definition) is 2. The van der Waals surface area contributed by atoms with Gasteiger partial charge in [-0.25, -0.2) is 0 Å². The van der Waals surface area contributed by atoms with E-state index in [0.29, 0.717) is 12.5 Å². The van der Waals surface area contributed by atoms with Crippen LogP contribution in [-0.4, -0.2) is 25.4 Å². The van der Waals surface area contributed by atoms with Crippen LogP contribution in [0.25, 0.3) is 0 Å². The molecular weight excluding hydrogens is 286 g/mol. The summed E-state index contributed by atoms with van der Waals surface area (Å²) in [6.45, 7) is 3.61. The maximum absolute atomic E-state index is 12.2. The van der Waals surface area contributed by atoms with Crippen LogP contribution in [0.5, 0.6) is 0 Å². The predicted octanol–water partition coefficient (Wildman–Crippen LogP) is 5.10. The van der Waals surface area contributed by atoms with E-state index < -0.39 is 6.08 Å². The molecule has 1 aliphatic heterocycles. The molecule has 1 aliphatic carbocycles.